The highest BCUT2D eigenvalue weighted by atomic mass is 79.9. The standard InChI is InChI=1S/C15H18BrN3/c16-11-4-3-5-12(10-11)19-14-7-2-1-6-13(14)18-9-8-17-15(18)19/h1-2,6-9,11-12,15,17H,3-5,10H2/t11-,12?,15?/m1/s1. The molecule has 2 heterocycles. The summed E-state index contributed by atoms with van der Waals surface area (Å²) < 4.78 is 0. The Morgan fingerprint density at radius 1 is 1.16 bits per heavy atom. The van der Waals surface area contributed by atoms with Crippen LogP contribution in [0.1, 0.15) is 25.7 Å². The molecule has 2 unspecified atom stereocenters. The Morgan fingerprint density at radius 2 is 2.00 bits per heavy atom. The molecule has 19 heavy (non-hydrogen) atoms. The number of hydrogen-bond acceptors (Lipinski definition) is 3. The monoisotopic (exact) mass is 319 g/mol. The highest BCUT2D eigenvalue weighted by Gasteiger charge is 2.41. The Labute approximate surface area is 122 Å². The van der Waals surface area contributed by atoms with E-state index in [1.54, 1.807) is 0 Å². The molecule has 2 aliphatic heterocycles. The predicted molar refractivity (Wildman–Crippen MR) is 82.4 cm³/mol. The summed E-state index contributed by atoms with van der Waals surface area (Å²) in [6, 6.07) is 9.36. The van der Waals surface area contributed by atoms with Gasteiger partial charge in [-0.25, -0.2) is 0 Å². The van der Waals surface area contributed by atoms with Gasteiger partial charge in [-0.2, -0.15) is 0 Å². The van der Waals surface area contributed by atoms with Crippen LogP contribution in [0, 0.1) is 0 Å². The van der Waals surface area contributed by atoms with Crippen molar-refractivity contribution in [3.8, 4) is 0 Å². The number of rotatable bonds is 1. The topological polar surface area (TPSA) is 18.5 Å². The van der Waals surface area contributed by atoms with Crippen molar-refractivity contribution in [3.63, 3.8) is 0 Å². The van der Waals surface area contributed by atoms with Gasteiger partial charge in [0, 0.05) is 23.3 Å². The molecule has 4 heteroatoms. The zero-order valence-electron chi connectivity index (χ0n) is 10.8. The summed E-state index contributed by atoms with van der Waals surface area (Å²) in [5.74, 6) is 0. The molecule has 0 aromatic heterocycles. The lowest BCUT2D eigenvalue weighted by molar-refractivity contribution is 0.398. The quantitative estimate of drug-likeness (QED) is 0.801. The maximum atomic E-state index is 3.81. The number of benzene rings is 1. The fraction of sp³-hybridized carbons (Fsp3) is 0.467. The van der Waals surface area contributed by atoms with Gasteiger partial charge in [-0.3, -0.25) is 0 Å². The molecule has 3 nitrogen and oxygen atoms in total. The van der Waals surface area contributed by atoms with E-state index in [0.29, 0.717) is 10.9 Å². The molecule has 1 N–H and O–H groups in total. The molecular formula is C15H18BrN3. The van der Waals surface area contributed by atoms with Crippen molar-refractivity contribution in [2.75, 3.05) is 9.80 Å². The van der Waals surface area contributed by atoms with Crippen molar-refractivity contribution in [1.82, 2.24) is 5.32 Å². The van der Waals surface area contributed by atoms with Crippen LogP contribution in [0.15, 0.2) is 36.7 Å². The number of fused-ring (bicyclic) bond motifs is 3. The zero-order valence-corrected chi connectivity index (χ0v) is 12.4. The van der Waals surface area contributed by atoms with E-state index in [4.69, 9.17) is 0 Å². The van der Waals surface area contributed by atoms with Crippen LogP contribution in [0.4, 0.5) is 11.4 Å². The molecule has 4 rings (SSSR count). The van der Waals surface area contributed by atoms with Gasteiger partial charge >= 0.3 is 0 Å². The average Bonchev–Trinajstić information content (AvgIpc) is 2.98. The minimum atomic E-state index is 0.278. The minimum Gasteiger partial charge on any atom is -0.353 e. The molecule has 0 amide bonds. The van der Waals surface area contributed by atoms with E-state index in [1.807, 2.05) is 0 Å². The third-order valence-corrected chi connectivity index (χ3v) is 5.25. The largest absolute Gasteiger partial charge is 0.353 e. The predicted octanol–water partition coefficient (Wildman–Crippen LogP) is 3.38. The number of alkyl halides is 1. The van der Waals surface area contributed by atoms with Gasteiger partial charge in [0.15, 0.2) is 6.29 Å². The molecule has 100 valence electrons. The van der Waals surface area contributed by atoms with Gasteiger partial charge < -0.3 is 15.1 Å². The number of para-hydroxylation sites is 2. The number of nitrogens with zero attached hydrogens (tertiary/aromatic N) is 2. The maximum absolute atomic E-state index is 3.81. The molecule has 3 atom stereocenters. The molecule has 0 spiro atoms. The lowest BCUT2D eigenvalue weighted by Crippen LogP contribution is -2.52. The summed E-state index contributed by atoms with van der Waals surface area (Å²) in [6.07, 6.45) is 9.65. The lowest BCUT2D eigenvalue weighted by atomic mass is 9.94. The molecular weight excluding hydrogens is 302 g/mol. The van der Waals surface area contributed by atoms with Crippen molar-refractivity contribution in [3.05, 3.63) is 36.7 Å². The van der Waals surface area contributed by atoms with Gasteiger partial charge in [0.1, 0.15) is 0 Å². The summed E-state index contributed by atoms with van der Waals surface area (Å²) in [5, 5.41) is 3.48. The van der Waals surface area contributed by atoms with E-state index in [9.17, 15) is 0 Å². The van der Waals surface area contributed by atoms with Gasteiger partial charge in [-0.15, -0.1) is 0 Å². The van der Waals surface area contributed by atoms with E-state index in [0.717, 1.165) is 0 Å². The second kappa shape index (κ2) is 4.44. The Bertz CT molecular complexity index is 516. The van der Waals surface area contributed by atoms with Gasteiger partial charge in [0.25, 0.3) is 0 Å². The summed E-state index contributed by atoms with van der Waals surface area (Å²) in [4.78, 5) is 5.58. The Morgan fingerprint density at radius 3 is 2.84 bits per heavy atom. The summed E-state index contributed by atoms with van der Waals surface area (Å²) in [5.41, 5.74) is 2.70. The van der Waals surface area contributed by atoms with Gasteiger partial charge in [-0.05, 0) is 31.4 Å². The minimum absolute atomic E-state index is 0.278. The van der Waals surface area contributed by atoms with Crippen molar-refractivity contribution >= 4 is 27.3 Å². The summed E-state index contributed by atoms with van der Waals surface area (Å²) in [7, 11) is 0. The van der Waals surface area contributed by atoms with Gasteiger partial charge in [0.05, 0.1) is 11.4 Å². The van der Waals surface area contributed by atoms with Crippen LogP contribution in [0.2, 0.25) is 0 Å². The van der Waals surface area contributed by atoms with Crippen LogP contribution in [-0.2, 0) is 0 Å². The third-order valence-electron chi connectivity index (χ3n) is 4.42. The van der Waals surface area contributed by atoms with E-state index >= 15 is 0 Å². The SMILES string of the molecule is Br[C@@H]1CCCC(N2c3ccccc3N3C=CNC32)C1. The molecule has 1 fully saturated rings. The van der Waals surface area contributed by atoms with Crippen molar-refractivity contribution in [2.24, 2.45) is 0 Å². The second-order valence-electron chi connectivity index (χ2n) is 5.58. The molecule has 1 aliphatic carbocycles. The maximum Gasteiger partial charge on any atom is 0.182 e. The average molecular weight is 320 g/mol. The molecule has 0 saturated heterocycles. The van der Waals surface area contributed by atoms with Crippen LogP contribution >= 0.6 is 15.9 Å². The highest BCUT2D eigenvalue weighted by molar-refractivity contribution is 9.09. The smallest absolute Gasteiger partial charge is 0.182 e. The third kappa shape index (κ3) is 1.76. The Kier molecular flexibility index (Phi) is 2.72. The van der Waals surface area contributed by atoms with Crippen LogP contribution in [0.25, 0.3) is 0 Å². The van der Waals surface area contributed by atoms with Crippen molar-refractivity contribution < 1.29 is 0 Å². The summed E-state index contributed by atoms with van der Waals surface area (Å²) in [6.45, 7) is 0. The van der Waals surface area contributed by atoms with E-state index in [-0.39, 0.29) is 6.29 Å². The first-order chi connectivity index (χ1) is 9.34. The second-order valence-corrected chi connectivity index (χ2v) is 6.87. The number of nitrogens with one attached hydrogen (secondary N) is 1. The lowest BCUT2D eigenvalue weighted by Gasteiger charge is -2.38. The van der Waals surface area contributed by atoms with Crippen LogP contribution in [-0.4, -0.2) is 17.2 Å². The Balaban J connectivity index is 1.71. The fourth-order valence-electron chi connectivity index (χ4n) is 3.59. The van der Waals surface area contributed by atoms with E-state index < -0.39 is 0 Å². The first-order valence-corrected chi connectivity index (χ1v) is 7.98. The number of anilines is 2. The molecule has 0 radical (unpaired) electrons. The van der Waals surface area contributed by atoms with Crippen LogP contribution in [0.3, 0.4) is 0 Å². The first-order valence-electron chi connectivity index (χ1n) is 7.07. The van der Waals surface area contributed by atoms with Crippen molar-refractivity contribution in [1.29, 1.82) is 0 Å². The van der Waals surface area contributed by atoms with E-state index in [1.165, 1.54) is 37.1 Å². The fourth-order valence-corrected chi connectivity index (χ4v) is 4.34. The molecule has 1 aromatic rings. The first kappa shape index (κ1) is 11.6. The van der Waals surface area contributed by atoms with Gasteiger partial charge in [0.2, 0.25) is 0 Å². The van der Waals surface area contributed by atoms with Crippen LogP contribution < -0.4 is 15.1 Å². The van der Waals surface area contributed by atoms with Gasteiger partial charge in [-0.1, -0.05) is 34.5 Å². The van der Waals surface area contributed by atoms with E-state index in [2.05, 4.69) is 67.7 Å². The van der Waals surface area contributed by atoms with Crippen LogP contribution in [0.5, 0.6) is 0 Å². The number of hydrogen-bond donors (Lipinski definition) is 1. The molecule has 1 aromatic carbocycles. The molecule has 3 aliphatic rings. The highest BCUT2D eigenvalue weighted by Crippen LogP contribution is 2.44. The molecule has 1 saturated carbocycles. The number of halogens is 1. The normalized spacial score (nSPS) is 32.2. The zero-order chi connectivity index (χ0) is 12.8. The molecule has 0 bridgehead atoms. The van der Waals surface area contributed by atoms with Crippen molar-refractivity contribution in [2.45, 2.75) is 42.8 Å². The Hall–Kier alpha value is -1.16. The summed E-state index contributed by atoms with van der Waals surface area (Å²) >= 11 is 3.81.